The van der Waals surface area contributed by atoms with Gasteiger partial charge in [0.25, 0.3) is 0 Å². The van der Waals surface area contributed by atoms with Gasteiger partial charge in [0.1, 0.15) is 23.9 Å². The van der Waals surface area contributed by atoms with E-state index in [9.17, 15) is 9.90 Å². The van der Waals surface area contributed by atoms with Crippen molar-refractivity contribution in [2.75, 3.05) is 0 Å². The van der Waals surface area contributed by atoms with Crippen molar-refractivity contribution >= 4 is 5.97 Å². The first-order chi connectivity index (χ1) is 15.5. The van der Waals surface area contributed by atoms with E-state index in [1.807, 2.05) is 56.3 Å². The summed E-state index contributed by atoms with van der Waals surface area (Å²) in [5.74, 6) is 1.06. The fourth-order valence-electron chi connectivity index (χ4n) is 3.55. The van der Waals surface area contributed by atoms with Crippen LogP contribution in [0.25, 0.3) is 11.4 Å². The van der Waals surface area contributed by atoms with Crippen molar-refractivity contribution in [3.63, 3.8) is 0 Å². The van der Waals surface area contributed by atoms with Crippen molar-refractivity contribution in [2.45, 2.75) is 39.7 Å². The summed E-state index contributed by atoms with van der Waals surface area (Å²) in [5.41, 5.74) is 4.68. The van der Waals surface area contributed by atoms with E-state index >= 15 is 0 Å². The number of carboxylic acid groups (broad SMARTS) is 1. The predicted octanol–water partition coefficient (Wildman–Crippen LogP) is 3.72. The summed E-state index contributed by atoms with van der Waals surface area (Å²) in [6, 6.07) is 13.5. The van der Waals surface area contributed by atoms with Gasteiger partial charge < -0.3 is 14.8 Å². The Bertz CT molecular complexity index is 1200. The highest BCUT2D eigenvalue weighted by Crippen LogP contribution is 2.24. The first-order valence-electron chi connectivity index (χ1n) is 10.4. The number of aromatic amines is 2. The molecule has 0 atom stereocenters. The quantitative estimate of drug-likeness (QED) is 0.367. The van der Waals surface area contributed by atoms with Gasteiger partial charge in [-0.25, -0.2) is 14.9 Å². The number of benzene rings is 2. The first kappa shape index (κ1) is 21.2. The van der Waals surface area contributed by atoms with Gasteiger partial charge in [0.2, 0.25) is 0 Å². The lowest BCUT2D eigenvalue weighted by Crippen LogP contribution is -2.03. The Morgan fingerprint density at radius 3 is 2.66 bits per heavy atom. The summed E-state index contributed by atoms with van der Waals surface area (Å²) < 4.78 is 5.97. The van der Waals surface area contributed by atoms with Gasteiger partial charge in [-0.15, -0.1) is 5.10 Å². The van der Waals surface area contributed by atoms with Gasteiger partial charge in [-0.1, -0.05) is 37.3 Å². The van der Waals surface area contributed by atoms with Crippen LogP contribution < -0.4 is 4.74 Å². The van der Waals surface area contributed by atoms with E-state index in [0.717, 1.165) is 40.8 Å². The fraction of sp³-hybridized carbons (Fsp3) is 0.261. The summed E-state index contributed by atoms with van der Waals surface area (Å²) in [4.78, 5) is 18.9. The molecule has 0 unspecified atom stereocenters. The monoisotopic (exact) mass is 432 g/mol. The number of tetrazole rings is 1. The lowest BCUT2D eigenvalue weighted by Gasteiger charge is -2.11. The number of aromatic carboxylic acids is 1. The number of imidazole rings is 1. The maximum Gasteiger partial charge on any atom is 0.354 e. The summed E-state index contributed by atoms with van der Waals surface area (Å²) in [5, 5.41) is 23.5. The second-order valence-corrected chi connectivity index (χ2v) is 7.51. The molecule has 4 aromatic rings. The number of nitrogens with zero attached hydrogens (tertiary/aromatic N) is 4. The lowest BCUT2D eigenvalue weighted by atomic mass is 10.0. The number of nitrogens with one attached hydrogen (secondary N) is 2. The standard InChI is InChI=1S/C23H24N6O3/c1-3-5-20-24-19(21(25-20)23(30)31)12-15-8-10-17(11-9-15)32-13-16-6-4-7-18(14(16)2)22-26-28-29-27-22/h4,6-11H,3,5,12-13H2,1-2H3,(H,24,25)(H,30,31)(H,26,27,28,29). The van der Waals surface area contributed by atoms with Crippen LogP contribution in [0.3, 0.4) is 0 Å². The normalized spacial score (nSPS) is 10.9. The highest BCUT2D eigenvalue weighted by Gasteiger charge is 2.16. The van der Waals surface area contributed by atoms with Crippen molar-refractivity contribution in [1.82, 2.24) is 30.6 Å². The molecule has 32 heavy (non-hydrogen) atoms. The average molecular weight is 432 g/mol. The zero-order valence-corrected chi connectivity index (χ0v) is 17.9. The third-order valence-corrected chi connectivity index (χ3v) is 5.26. The fourth-order valence-corrected chi connectivity index (χ4v) is 3.55. The third kappa shape index (κ3) is 4.66. The molecule has 164 valence electrons. The minimum absolute atomic E-state index is 0.158. The van der Waals surface area contributed by atoms with Crippen LogP contribution in [-0.2, 0) is 19.4 Å². The Labute approximate surface area is 184 Å². The largest absolute Gasteiger partial charge is 0.489 e. The van der Waals surface area contributed by atoms with E-state index in [0.29, 0.717) is 30.4 Å². The molecule has 0 saturated carbocycles. The minimum Gasteiger partial charge on any atom is -0.489 e. The molecular weight excluding hydrogens is 408 g/mol. The minimum atomic E-state index is -0.992. The molecule has 0 spiro atoms. The van der Waals surface area contributed by atoms with Crippen molar-refractivity contribution in [2.24, 2.45) is 0 Å². The van der Waals surface area contributed by atoms with Crippen LogP contribution in [-0.4, -0.2) is 41.7 Å². The van der Waals surface area contributed by atoms with Gasteiger partial charge in [0, 0.05) is 18.4 Å². The number of rotatable bonds is 9. The van der Waals surface area contributed by atoms with Crippen LogP contribution in [0, 0.1) is 6.92 Å². The summed E-state index contributed by atoms with van der Waals surface area (Å²) >= 11 is 0. The van der Waals surface area contributed by atoms with Gasteiger partial charge >= 0.3 is 5.97 Å². The smallest absolute Gasteiger partial charge is 0.354 e. The number of H-pyrrole nitrogens is 2. The molecular formula is C23H24N6O3. The maximum atomic E-state index is 11.5. The molecule has 0 bridgehead atoms. The van der Waals surface area contributed by atoms with E-state index in [-0.39, 0.29) is 5.69 Å². The molecule has 2 aromatic heterocycles. The zero-order valence-electron chi connectivity index (χ0n) is 17.9. The molecule has 9 heteroatoms. The molecule has 0 aliphatic carbocycles. The Morgan fingerprint density at radius 1 is 1.16 bits per heavy atom. The van der Waals surface area contributed by atoms with Crippen molar-refractivity contribution in [3.8, 4) is 17.1 Å². The van der Waals surface area contributed by atoms with Crippen molar-refractivity contribution < 1.29 is 14.6 Å². The number of hydrogen-bond acceptors (Lipinski definition) is 6. The third-order valence-electron chi connectivity index (χ3n) is 5.26. The van der Waals surface area contributed by atoms with Crippen molar-refractivity contribution in [3.05, 3.63) is 76.4 Å². The number of aryl methyl sites for hydroxylation is 1. The van der Waals surface area contributed by atoms with Crippen LogP contribution >= 0.6 is 0 Å². The van der Waals surface area contributed by atoms with Crippen LogP contribution in [0.1, 0.15) is 52.0 Å². The topological polar surface area (TPSA) is 130 Å². The number of hydrogen-bond donors (Lipinski definition) is 3. The van der Waals surface area contributed by atoms with E-state index in [1.54, 1.807) is 0 Å². The molecule has 0 aliphatic heterocycles. The maximum absolute atomic E-state index is 11.5. The number of ether oxygens (including phenoxy) is 1. The van der Waals surface area contributed by atoms with Crippen LogP contribution in [0.4, 0.5) is 0 Å². The highest BCUT2D eigenvalue weighted by atomic mass is 16.5. The number of carboxylic acids is 1. The molecule has 0 radical (unpaired) electrons. The summed E-state index contributed by atoms with van der Waals surface area (Å²) in [6.07, 6.45) is 2.06. The number of carbonyl (C=O) groups is 1. The molecule has 0 saturated heterocycles. The van der Waals surface area contributed by atoms with E-state index in [1.165, 1.54) is 0 Å². The molecule has 3 N–H and O–H groups in total. The highest BCUT2D eigenvalue weighted by molar-refractivity contribution is 5.86. The zero-order chi connectivity index (χ0) is 22.5. The summed E-state index contributed by atoms with van der Waals surface area (Å²) in [6.45, 7) is 4.45. The Hall–Kier alpha value is -4.01. The number of aromatic nitrogens is 6. The van der Waals surface area contributed by atoms with Gasteiger partial charge in [-0.2, -0.15) is 0 Å². The van der Waals surface area contributed by atoms with Gasteiger partial charge in [0.05, 0.1) is 5.69 Å². The first-order valence-corrected chi connectivity index (χ1v) is 10.4. The Kier molecular flexibility index (Phi) is 6.25. The molecule has 0 fully saturated rings. The SMILES string of the molecule is CCCc1nc(Cc2ccc(OCc3cccc(-c4nnn[nH]4)c3C)cc2)c(C(=O)O)[nH]1. The molecule has 0 aliphatic rings. The van der Waals surface area contributed by atoms with Crippen LogP contribution in [0.2, 0.25) is 0 Å². The molecule has 2 heterocycles. The van der Waals surface area contributed by atoms with Gasteiger partial charge in [0.15, 0.2) is 5.82 Å². The second kappa shape index (κ2) is 9.42. The molecule has 9 nitrogen and oxygen atoms in total. The Morgan fingerprint density at radius 2 is 1.97 bits per heavy atom. The van der Waals surface area contributed by atoms with Crippen molar-refractivity contribution in [1.29, 1.82) is 0 Å². The molecule has 0 amide bonds. The van der Waals surface area contributed by atoms with Crippen LogP contribution in [0.5, 0.6) is 5.75 Å². The average Bonchev–Trinajstić information content (AvgIpc) is 3.45. The van der Waals surface area contributed by atoms with E-state index in [4.69, 9.17) is 4.74 Å². The van der Waals surface area contributed by atoms with Crippen LogP contribution in [0.15, 0.2) is 42.5 Å². The van der Waals surface area contributed by atoms with Gasteiger partial charge in [-0.05, 0) is 52.6 Å². The molecule has 2 aromatic carbocycles. The molecule has 4 rings (SSSR count). The Balaban J connectivity index is 1.43. The second-order valence-electron chi connectivity index (χ2n) is 7.51. The van der Waals surface area contributed by atoms with E-state index in [2.05, 4.69) is 30.6 Å². The van der Waals surface area contributed by atoms with E-state index < -0.39 is 5.97 Å². The summed E-state index contributed by atoms with van der Waals surface area (Å²) in [7, 11) is 0. The predicted molar refractivity (Wildman–Crippen MR) is 117 cm³/mol. The van der Waals surface area contributed by atoms with Gasteiger partial charge in [-0.3, -0.25) is 0 Å². The lowest BCUT2D eigenvalue weighted by molar-refractivity contribution is 0.0690.